The first-order valence-electron chi connectivity index (χ1n) is 5.90. The van der Waals surface area contributed by atoms with Gasteiger partial charge in [0.25, 0.3) is 0 Å². The Morgan fingerprint density at radius 2 is 2.38 bits per heavy atom. The van der Waals surface area contributed by atoms with E-state index >= 15 is 0 Å². The molecule has 0 aliphatic carbocycles. The van der Waals surface area contributed by atoms with Gasteiger partial charge in [-0.25, -0.2) is 0 Å². The summed E-state index contributed by atoms with van der Waals surface area (Å²) in [6, 6.07) is 3.91. The van der Waals surface area contributed by atoms with Crippen LogP contribution in [0.25, 0.3) is 0 Å². The number of pyridine rings is 1. The van der Waals surface area contributed by atoms with Gasteiger partial charge in [0.2, 0.25) is 5.91 Å². The van der Waals surface area contributed by atoms with Gasteiger partial charge < -0.3 is 5.32 Å². The van der Waals surface area contributed by atoms with Gasteiger partial charge in [0.1, 0.15) is 0 Å². The predicted octanol–water partition coefficient (Wildman–Crippen LogP) is 2.49. The maximum Gasteiger partial charge on any atom is 0.220 e. The number of carbonyl (C=O) groups excluding carboxylic acids is 1. The molecule has 16 heavy (non-hydrogen) atoms. The predicted molar refractivity (Wildman–Crippen MR) is 65.2 cm³/mol. The number of aromatic nitrogens is 1. The smallest absolute Gasteiger partial charge is 0.220 e. The molecule has 0 bridgehead atoms. The molecule has 0 aliphatic heterocycles. The van der Waals surface area contributed by atoms with Crippen molar-refractivity contribution >= 4 is 5.91 Å². The van der Waals surface area contributed by atoms with E-state index in [1.54, 1.807) is 6.20 Å². The molecule has 0 aliphatic rings. The second-order valence-corrected chi connectivity index (χ2v) is 4.10. The Labute approximate surface area is 97.3 Å². The minimum Gasteiger partial charge on any atom is -0.356 e. The maximum absolute atomic E-state index is 11.6. The maximum atomic E-state index is 11.6. The van der Waals surface area contributed by atoms with Crippen molar-refractivity contribution in [3.8, 4) is 0 Å². The Morgan fingerprint density at radius 3 is 3.00 bits per heavy atom. The van der Waals surface area contributed by atoms with Crippen molar-refractivity contribution in [1.82, 2.24) is 10.3 Å². The van der Waals surface area contributed by atoms with E-state index in [1.165, 1.54) is 0 Å². The van der Waals surface area contributed by atoms with E-state index in [0.29, 0.717) is 6.42 Å². The molecule has 88 valence electrons. The third kappa shape index (κ3) is 4.43. The van der Waals surface area contributed by atoms with E-state index in [4.69, 9.17) is 0 Å². The number of amides is 1. The summed E-state index contributed by atoms with van der Waals surface area (Å²) in [6.45, 7) is 4.95. The number of unbranched alkanes of at least 4 members (excludes halogenated alkanes) is 1. The van der Waals surface area contributed by atoms with Crippen molar-refractivity contribution in [2.45, 2.75) is 39.0 Å². The highest BCUT2D eigenvalue weighted by Gasteiger charge is 2.10. The van der Waals surface area contributed by atoms with Crippen LogP contribution in [0.5, 0.6) is 0 Å². The third-order valence-corrected chi connectivity index (χ3v) is 2.60. The lowest BCUT2D eigenvalue weighted by Gasteiger charge is -2.11. The van der Waals surface area contributed by atoms with E-state index in [-0.39, 0.29) is 11.8 Å². The minimum atomic E-state index is 0.129. The Kier molecular flexibility index (Phi) is 5.54. The van der Waals surface area contributed by atoms with Gasteiger partial charge in [-0.2, -0.15) is 0 Å². The van der Waals surface area contributed by atoms with Crippen molar-refractivity contribution in [2.24, 2.45) is 0 Å². The molecule has 1 aromatic heterocycles. The Balaban J connectivity index is 2.34. The zero-order chi connectivity index (χ0) is 11.8. The number of hydrogen-bond donors (Lipinski definition) is 1. The molecule has 0 radical (unpaired) electrons. The van der Waals surface area contributed by atoms with Crippen molar-refractivity contribution in [3.05, 3.63) is 30.1 Å². The molecular formula is C13H20N2O. The van der Waals surface area contributed by atoms with Crippen molar-refractivity contribution in [1.29, 1.82) is 0 Å². The van der Waals surface area contributed by atoms with Gasteiger partial charge >= 0.3 is 0 Å². The first-order valence-corrected chi connectivity index (χ1v) is 5.90. The topological polar surface area (TPSA) is 42.0 Å². The molecule has 0 spiro atoms. The number of nitrogens with zero attached hydrogens (tertiary/aromatic N) is 1. The van der Waals surface area contributed by atoms with Crippen LogP contribution in [0, 0.1) is 0 Å². The van der Waals surface area contributed by atoms with E-state index < -0.39 is 0 Å². The van der Waals surface area contributed by atoms with E-state index in [2.05, 4.69) is 24.1 Å². The molecule has 3 nitrogen and oxygen atoms in total. The molecule has 1 aromatic rings. The van der Waals surface area contributed by atoms with Crippen LogP contribution in [-0.2, 0) is 4.79 Å². The van der Waals surface area contributed by atoms with Gasteiger partial charge in [-0.3, -0.25) is 9.78 Å². The fraction of sp³-hybridized carbons (Fsp3) is 0.538. The molecular weight excluding hydrogens is 200 g/mol. The first-order chi connectivity index (χ1) is 7.74. The molecule has 0 saturated heterocycles. The van der Waals surface area contributed by atoms with Gasteiger partial charge in [0.05, 0.1) is 0 Å². The van der Waals surface area contributed by atoms with Crippen molar-refractivity contribution < 1.29 is 4.79 Å². The molecule has 3 heteroatoms. The number of carbonyl (C=O) groups is 1. The van der Waals surface area contributed by atoms with Crippen LogP contribution < -0.4 is 5.32 Å². The largest absolute Gasteiger partial charge is 0.356 e. The highest BCUT2D eigenvalue weighted by atomic mass is 16.1. The Hall–Kier alpha value is -1.38. The quantitative estimate of drug-likeness (QED) is 0.748. The Morgan fingerprint density at radius 1 is 1.56 bits per heavy atom. The molecule has 1 N–H and O–H groups in total. The molecule has 0 aromatic carbocycles. The van der Waals surface area contributed by atoms with Crippen LogP contribution in [0.1, 0.15) is 44.6 Å². The fourth-order valence-electron chi connectivity index (χ4n) is 1.54. The Bertz CT molecular complexity index is 311. The highest BCUT2D eigenvalue weighted by molar-refractivity contribution is 5.76. The van der Waals surface area contributed by atoms with Crippen LogP contribution >= 0.6 is 0 Å². The summed E-state index contributed by atoms with van der Waals surface area (Å²) in [5, 5.41) is 2.92. The summed E-state index contributed by atoms with van der Waals surface area (Å²) in [5.41, 5.74) is 1.12. The molecule has 1 rings (SSSR count). The third-order valence-electron chi connectivity index (χ3n) is 2.60. The monoisotopic (exact) mass is 220 g/mol. The summed E-state index contributed by atoms with van der Waals surface area (Å²) in [6.07, 6.45) is 6.27. The lowest BCUT2D eigenvalue weighted by Crippen LogP contribution is -2.25. The standard InChI is InChI=1S/C13H20N2O/c1-3-4-8-15-13(16)9-11(2)12-6-5-7-14-10-12/h5-7,10-11H,3-4,8-9H2,1-2H3,(H,15,16). The summed E-state index contributed by atoms with van der Waals surface area (Å²) in [5.74, 6) is 0.361. The van der Waals surface area contributed by atoms with Crippen molar-refractivity contribution in [2.75, 3.05) is 6.54 Å². The number of nitrogens with one attached hydrogen (secondary N) is 1. The first kappa shape index (κ1) is 12.7. The second kappa shape index (κ2) is 6.99. The van der Waals surface area contributed by atoms with Crippen LogP contribution in [-0.4, -0.2) is 17.4 Å². The second-order valence-electron chi connectivity index (χ2n) is 4.10. The van der Waals surface area contributed by atoms with E-state index in [9.17, 15) is 4.79 Å². The zero-order valence-corrected chi connectivity index (χ0v) is 10.1. The van der Waals surface area contributed by atoms with Crippen LogP contribution in [0.3, 0.4) is 0 Å². The summed E-state index contributed by atoms with van der Waals surface area (Å²) in [7, 11) is 0. The van der Waals surface area contributed by atoms with Crippen molar-refractivity contribution in [3.63, 3.8) is 0 Å². The highest BCUT2D eigenvalue weighted by Crippen LogP contribution is 2.16. The molecule has 1 atom stereocenters. The average molecular weight is 220 g/mol. The van der Waals surface area contributed by atoms with Gasteiger partial charge in [-0.15, -0.1) is 0 Å². The van der Waals surface area contributed by atoms with Crippen LogP contribution in [0.2, 0.25) is 0 Å². The van der Waals surface area contributed by atoms with Crippen LogP contribution in [0.4, 0.5) is 0 Å². The molecule has 1 heterocycles. The van der Waals surface area contributed by atoms with Crippen LogP contribution in [0.15, 0.2) is 24.5 Å². The molecule has 0 fully saturated rings. The zero-order valence-electron chi connectivity index (χ0n) is 10.1. The van der Waals surface area contributed by atoms with Gasteiger partial charge in [0, 0.05) is 25.4 Å². The lowest BCUT2D eigenvalue weighted by atomic mass is 9.99. The van der Waals surface area contributed by atoms with Gasteiger partial charge in [-0.05, 0) is 24.0 Å². The van der Waals surface area contributed by atoms with Gasteiger partial charge in [-0.1, -0.05) is 26.3 Å². The average Bonchev–Trinajstić information content (AvgIpc) is 2.30. The summed E-state index contributed by atoms with van der Waals surface area (Å²) in [4.78, 5) is 15.6. The number of hydrogen-bond acceptors (Lipinski definition) is 2. The van der Waals surface area contributed by atoms with E-state index in [0.717, 1.165) is 24.9 Å². The summed E-state index contributed by atoms with van der Waals surface area (Å²) >= 11 is 0. The normalized spacial score (nSPS) is 12.1. The minimum absolute atomic E-state index is 0.129. The molecule has 0 saturated carbocycles. The summed E-state index contributed by atoms with van der Waals surface area (Å²) < 4.78 is 0. The fourth-order valence-corrected chi connectivity index (χ4v) is 1.54. The lowest BCUT2D eigenvalue weighted by molar-refractivity contribution is -0.121. The molecule has 1 amide bonds. The van der Waals surface area contributed by atoms with E-state index in [1.807, 2.05) is 18.3 Å². The molecule has 1 unspecified atom stereocenters. The van der Waals surface area contributed by atoms with Gasteiger partial charge in [0.15, 0.2) is 0 Å². The number of rotatable bonds is 6. The SMILES string of the molecule is CCCCNC(=O)CC(C)c1cccnc1.